The summed E-state index contributed by atoms with van der Waals surface area (Å²) in [7, 11) is 6.42. The molecule has 9 rings (SSSR count). The van der Waals surface area contributed by atoms with Crippen LogP contribution in [0.25, 0.3) is 0 Å². The average Bonchev–Trinajstić information content (AvgIpc) is 3.91. The molecule has 0 bridgehead atoms. The van der Waals surface area contributed by atoms with Gasteiger partial charge in [0.05, 0.1) is 81.8 Å². The van der Waals surface area contributed by atoms with E-state index in [1.54, 1.807) is 58.9 Å². The van der Waals surface area contributed by atoms with Gasteiger partial charge in [0, 0.05) is 78.4 Å². The molecule has 3 amide bonds. The molecule has 0 spiro atoms. The summed E-state index contributed by atoms with van der Waals surface area (Å²) in [6, 6.07) is 29.0. The van der Waals surface area contributed by atoms with Gasteiger partial charge in [-0.25, -0.2) is 5.84 Å². The topological polar surface area (TPSA) is 199 Å². The quantitative estimate of drug-likeness (QED) is 0.0156. The van der Waals surface area contributed by atoms with Crippen LogP contribution in [0, 0.1) is 0 Å². The minimum absolute atomic E-state index is 0.0320. The number of aliphatic hydroxyl groups is 1. The van der Waals surface area contributed by atoms with Crippen molar-refractivity contribution in [2.45, 2.75) is 63.2 Å². The van der Waals surface area contributed by atoms with Gasteiger partial charge in [-0.2, -0.15) is 0 Å². The van der Waals surface area contributed by atoms with Crippen LogP contribution in [0.15, 0.2) is 96.0 Å². The van der Waals surface area contributed by atoms with Crippen molar-refractivity contribution in [3.63, 3.8) is 0 Å². The Hall–Kier alpha value is -6.48. The molecular weight excluding hydrogens is 983 g/mol. The highest BCUT2D eigenvalue weighted by molar-refractivity contribution is 8.77. The van der Waals surface area contributed by atoms with Crippen LogP contribution in [0.1, 0.15) is 63.2 Å². The summed E-state index contributed by atoms with van der Waals surface area (Å²) in [5.41, 5.74) is 10.9. The maximum absolute atomic E-state index is 14.2. The molecule has 0 fully saturated rings. The zero-order valence-electron chi connectivity index (χ0n) is 42.1. The maximum atomic E-state index is 14.2. The normalized spacial score (nSPS) is 16.2. The van der Waals surface area contributed by atoms with Gasteiger partial charge < -0.3 is 48.6 Å². The van der Waals surface area contributed by atoms with Crippen LogP contribution in [-0.4, -0.2) is 119 Å². The van der Waals surface area contributed by atoms with Crippen LogP contribution in [0.4, 0.5) is 28.4 Å². The molecule has 0 aliphatic carbocycles. The van der Waals surface area contributed by atoms with Gasteiger partial charge in [-0.3, -0.25) is 29.7 Å². The molecular formula is C55H63N7O10S2. The van der Waals surface area contributed by atoms with E-state index < -0.39 is 0 Å². The number of carbonyl (C=O) groups excluding carboxylic acids is 3. The minimum Gasteiger partial charge on any atom is -0.493 e. The standard InChI is InChI=1S/C55H63N7O10S2/c1-55(2,74-73-20-13-52(64)59-56)34-60(14-16-69-18-19-70-17-15-63)39-22-35(32-71-50-28-44-42(26-48(50)67-3)53(65)61-40(30-57-44)24-37-9-5-7-11-46(37)61)21-36(23-39)33-72-51-29-45-43(27-49(51)68-4)54(66)62-41(31-58-45)25-38-10-6-8-12-47(38)62/h5-12,21-23,26-30,40-41,58,63H,13-20,24-25,31-34,56H2,1-4H3,(H,59,64)/t40-,41-/m0/s1. The molecule has 2 atom stereocenters. The van der Waals surface area contributed by atoms with Crippen LogP contribution in [0.5, 0.6) is 23.0 Å². The van der Waals surface area contributed by atoms with Crippen molar-refractivity contribution in [1.29, 1.82) is 0 Å². The Bertz CT molecular complexity index is 2890. The summed E-state index contributed by atoms with van der Waals surface area (Å²) in [5.74, 6) is 7.17. The number of ether oxygens (including phenoxy) is 6. The molecule has 0 unspecified atom stereocenters. The van der Waals surface area contributed by atoms with Gasteiger partial charge in [0.1, 0.15) is 13.2 Å². The molecule has 4 aliphatic heterocycles. The third-order valence-electron chi connectivity index (χ3n) is 13.2. The fourth-order valence-corrected chi connectivity index (χ4v) is 12.3. The molecule has 5 aromatic rings. The molecule has 17 nitrogen and oxygen atoms in total. The van der Waals surface area contributed by atoms with E-state index >= 15 is 0 Å². The van der Waals surface area contributed by atoms with Crippen molar-refractivity contribution in [2.24, 2.45) is 10.8 Å². The third kappa shape index (κ3) is 11.9. The van der Waals surface area contributed by atoms with E-state index in [1.807, 2.05) is 65.7 Å². The lowest BCUT2D eigenvalue weighted by Crippen LogP contribution is -2.39. The van der Waals surface area contributed by atoms with E-state index in [4.69, 9.17) is 39.3 Å². The monoisotopic (exact) mass is 1050 g/mol. The Labute approximate surface area is 439 Å². The Morgan fingerprint density at radius 1 is 0.811 bits per heavy atom. The summed E-state index contributed by atoms with van der Waals surface area (Å²) in [5, 5.41) is 12.7. The van der Waals surface area contributed by atoms with Crippen molar-refractivity contribution in [3.05, 3.63) is 124 Å². The van der Waals surface area contributed by atoms with Crippen LogP contribution in [0.3, 0.4) is 0 Å². The molecule has 5 aromatic carbocycles. The summed E-state index contributed by atoms with van der Waals surface area (Å²) in [4.78, 5) is 51.1. The number of aliphatic imine (C=N–C) groups is 1. The van der Waals surface area contributed by atoms with Crippen molar-refractivity contribution < 1.29 is 47.9 Å². The highest BCUT2D eigenvalue weighted by atomic mass is 33.1. The number of fused-ring (bicyclic) bond motifs is 8. The number of nitrogens with two attached hydrogens (primary N) is 1. The Morgan fingerprint density at radius 2 is 1.45 bits per heavy atom. The predicted octanol–water partition coefficient (Wildman–Crippen LogP) is 7.52. The lowest BCUT2D eigenvalue weighted by Gasteiger charge is -2.34. The first-order chi connectivity index (χ1) is 36.0. The van der Waals surface area contributed by atoms with E-state index in [9.17, 15) is 19.5 Å². The number of anilines is 4. The largest absolute Gasteiger partial charge is 0.493 e. The molecule has 0 saturated heterocycles. The second-order valence-corrected chi connectivity index (χ2v) is 22.0. The summed E-state index contributed by atoms with van der Waals surface area (Å²) in [6.45, 7) is 7.53. The summed E-state index contributed by atoms with van der Waals surface area (Å²) >= 11 is 0. The van der Waals surface area contributed by atoms with E-state index in [0.29, 0.717) is 104 Å². The van der Waals surface area contributed by atoms with Crippen molar-refractivity contribution in [2.75, 3.05) is 92.7 Å². The summed E-state index contributed by atoms with van der Waals surface area (Å²) < 4.78 is 36.2. The zero-order chi connectivity index (χ0) is 51.8. The Balaban J connectivity index is 1.01. The molecule has 0 aromatic heterocycles. The van der Waals surface area contributed by atoms with Gasteiger partial charge in [0.25, 0.3) is 11.8 Å². The number of para-hydroxylation sites is 2. The van der Waals surface area contributed by atoms with Gasteiger partial charge in [0.15, 0.2) is 23.0 Å². The number of hydrazine groups is 1. The highest BCUT2D eigenvalue weighted by Gasteiger charge is 2.39. The van der Waals surface area contributed by atoms with Crippen molar-refractivity contribution >= 4 is 74.0 Å². The molecule has 74 heavy (non-hydrogen) atoms. The number of carbonyl (C=O) groups is 3. The first-order valence-corrected chi connectivity index (χ1v) is 27.0. The molecule has 0 radical (unpaired) electrons. The number of amides is 3. The van der Waals surface area contributed by atoms with E-state index in [0.717, 1.165) is 45.7 Å². The molecule has 4 heterocycles. The zero-order valence-corrected chi connectivity index (χ0v) is 43.7. The van der Waals surface area contributed by atoms with Gasteiger partial charge >= 0.3 is 0 Å². The van der Waals surface area contributed by atoms with Crippen LogP contribution < -0.4 is 50.2 Å². The van der Waals surface area contributed by atoms with Crippen molar-refractivity contribution in [3.8, 4) is 23.0 Å². The fraction of sp³-hybridized carbons (Fsp3) is 0.382. The predicted molar refractivity (Wildman–Crippen MR) is 291 cm³/mol. The van der Waals surface area contributed by atoms with Gasteiger partial charge in [0.2, 0.25) is 5.91 Å². The van der Waals surface area contributed by atoms with Gasteiger partial charge in [-0.1, -0.05) is 58.0 Å². The van der Waals surface area contributed by atoms with Gasteiger partial charge in [-0.15, -0.1) is 0 Å². The van der Waals surface area contributed by atoms with E-state index in [-0.39, 0.29) is 61.0 Å². The second-order valence-electron chi connectivity index (χ2n) is 18.9. The maximum Gasteiger partial charge on any atom is 0.261 e. The lowest BCUT2D eigenvalue weighted by molar-refractivity contribution is -0.120. The minimum atomic E-state index is -0.307. The molecule has 390 valence electrons. The number of rotatable bonds is 24. The number of benzene rings is 5. The number of nitrogens with zero attached hydrogens (tertiary/aromatic N) is 4. The van der Waals surface area contributed by atoms with Crippen LogP contribution >= 0.6 is 21.6 Å². The number of aliphatic hydroxyl groups excluding tert-OH is 1. The van der Waals surface area contributed by atoms with Crippen LogP contribution in [0.2, 0.25) is 0 Å². The first-order valence-electron chi connectivity index (χ1n) is 24.7. The fourth-order valence-electron chi connectivity index (χ4n) is 9.77. The van der Waals surface area contributed by atoms with E-state index in [1.165, 1.54) is 0 Å². The number of methoxy groups -OCH3 is 2. The highest BCUT2D eigenvalue weighted by Crippen LogP contribution is 2.44. The third-order valence-corrected chi connectivity index (χ3v) is 16.5. The second kappa shape index (κ2) is 23.8. The van der Waals surface area contributed by atoms with Crippen molar-refractivity contribution in [1.82, 2.24) is 5.43 Å². The molecule has 4 aliphatic rings. The number of hydrogen-bond acceptors (Lipinski definition) is 16. The molecule has 19 heteroatoms. The lowest BCUT2D eigenvalue weighted by atomic mass is 10.1. The number of hydrogen-bond donors (Lipinski definition) is 4. The summed E-state index contributed by atoms with van der Waals surface area (Å²) in [6.07, 6.45) is 3.57. The average molecular weight is 1050 g/mol. The smallest absolute Gasteiger partial charge is 0.261 e. The Morgan fingerprint density at radius 3 is 2.14 bits per heavy atom. The molecule has 5 N–H and O–H groups in total. The number of nitrogens with one attached hydrogen (secondary N) is 2. The first kappa shape index (κ1) is 52.4. The Kier molecular flexibility index (Phi) is 16.9. The van der Waals surface area contributed by atoms with E-state index in [2.05, 4.69) is 47.7 Å². The van der Waals surface area contributed by atoms with Gasteiger partial charge in [-0.05, 0) is 85.0 Å². The SMILES string of the molecule is COc1cc2c(cc1OCc1cc(COc3cc4c(cc3OC)C(=O)N3c5ccccc5C[C@H]3CN4)cc(N(CCOCCOCCO)CC(C)(C)SSCCC(=O)NN)c1)N=C[C@@H]1Cc3ccccc3N1C2=O. The molecule has 0 saturated carbocycles. The van der Waals surface area contributed by atoms with Crippen LogP contribution in [-0.2, 0) is 40.3 Å².